The first-order valence-corrected chi connectivity index (χ1v) is 12.4. The molecule has 2 rings (SSSR count). The molecule has 0 bridgehead atoms. The van der Waals surface area contributed by atoms with E-state index in [0.717, 1.165) is 43.1 Å². The van der Waals surface area contributed by atoms with Gasteiger partial charge in [-0.2, -0.15) is 0 Å². The summed E-state index contributed by atoms with van der Waals surface area (Å²) >= 11 is 0. The summed E-state index contributed by atoms with van der Waals surface area (Å²) in [5.41, 5.74) is 1.80. The third-order valence-corrected chi connectivity index (χ3v) is 6.47. The van der Waals surface area contributed by atoms with Crippen molar-refractivity contribution in [2.45, 2.75) is 95.8 Å². The van der Waals surface area contributed by atoms with Crippen LogP contribution in [0.15, 0.2) is 35.2 Å². The van der Waals surface area contributed by atoms with Crippen molar-refractivity contribution in [3.8, 4) is 0 Å². The predicted molar refractivity (Wildman–Crippen MR) is 117 cm³/mol. The molecule has 0 aliphatic heterocycles. The van der Waals surface area contributed by atoms with Crippen molar-refractivity contribution in [3.63, 3.8) is 0 Å². The summed E-state index contributed by atoms with van der Waals surface area (Å²) in [5.74, 6) is 0. The summed E-state index contributed by atoms with van der Waals surface area (Å²) in [5, 5.41) is 1.44. The smallest absolute Gasteiger partial charge is 0.744 e. The summed E-state index contributed by atoms with van der Waals surface area (Å²) in [6, 6.07) is 9.73. The van der Waals surface area contributed by atoms with Crippen LogP contribution in [0.25, 0.3) is 10.8 Å². The minimum atomic E-state index is -4.51. The van der Waals surface area contributed by atoms with Crippen molar-refractivity contribution in [3.05, 3.63) is 41.5 Å². The second-order valence-electron chi connectivity index (χ2n) is 7.89. The Morgan fingerprint density at radius 1 is 0.759 bits per heavy atom. The summed E-state index contributed by atoms with van der Waals surface area (Å²) in [6.07, 6.45) is 13.1. The van der Waals surface area contributed by atoms with Crippen molar-refractivity contribution in [2.75, 3.05) is 0 Å². The van der Waals surface area contributed by atoms with Crippen LogP contribution in [0, 0.1) is 0 Å². The van der Waals surface area contributed by atoms with Gasteiger partial charge in [0.05, 0.1) is 4.90 Å². The first-order chi connectivity index (χ1) is 13.5. The number of unbranched alkanes of at least 4 members (excludes halogenated alkanes) is 8. The van der Waals surface area contributed by atoms with Gasteiger partial charge in [0, 0.05) is 0 Å². The van der Waals surface area contributed by atoms with Crippen molar-refractivity contribution >= 4 is 20.9 Å². The molecular weight excluding hydrogens is 391 g/mol. The van der Waals surface area contributed by atoms with Crippen LogP contribution >= 0.6 is 0 Å². The molecule has 2 aromatic rings. The number of hydrogen-bond donors (Lipinski definition) is 0. The minimum Gasteiger partial charge on any atom is -0.744 e. The Labute approximate surface area is 199 Å². The van der Waals surface area contributed by atoms with E-state index in [2.05, 4.69) is 19.9 Å². The van der Waals surface area contributed by atoms with E-state index in [1.54, 1.807) is 0 Å². The molecule has 0 N–H and O–H groups in total. The number of aryl methyl sites for hydroxylation is 2. The molecule has 0 saturated heterocycles. The Morgan fingerprint density at radius 2 is 1.31 bits per heavy atom. The molecule has 0 atom stereocenters. The second-order valence-corrected chi connectivity index (χ2v) is 9.21. The van der Waals surface area contributed by atoms with Gasteiger partial charge in [-0.15, -0.1) is 0 Å². The van der Waals surface area contributed by atoms with Crippen LogP contribution in [0.2, 0.25) is 0 Å². The summed E-state index contributed by atoms with van der Waals surface area (Å²) in [4.78, 5) is 0.00771. The molecule has 156 valence electrons. The van der Waals surface area contributed by atoms with E-state index >= 15 is 0 Å². The molecule has 0 fully saturated rings. The third kappa shape index (κ3) is 8.70. The summed E-state index contributed by atoms with van der Waals surface area (Å²) in [7, 11) is -4.51. The van der Waals surface area contributed by atoms with Gasteiger partial charge in [0.25, 0.3) is 0 Å². The fourth-order valence-electron chi connectivity index (χ4n) is 3.88. The zero-order valence-electron chi connectivity index (χ0n) is 18.5. The molecule has 5 heteroatoms. The van der Waals surface area contributed by atoms with Crippen LogP contribution in [0.1, 0.15) is 89.2 Å². The molecule has 2 aromatic carbocycles. The van der Waals surface area contributed by atoms with E-state index < -0.39 is 10.1 Å². The molecule has 29 heavy (non-hydrogen) atoms. The van der Waals surface area contributed by atoms with E-state index in [9.17, 15) is 13.0 Å². The van der Waals surface area contributed by atoms with Crippen molar-refractivity contribution in [1.82, 2.24) is 0 Å². The molecule has 0 aromatic heterocycles. The number of benzene rings is 2. The van der Waals surface area contributed by atoms with Gasteiger partial charge in [-0.3, -0.25) is 0 Å². The molecule has 0 heterocycles. The summed E-state index contributed by atoms with van der Waals surface area (Å²) < 4.78 is 36.3. The van der Waals surface area contributed by atoms with E-state index in [4.69, 9.17) is 0 Å². The van der Waals surface area contributed by atoms with Crippen molar-refractivity contribution in [2.24, 2.45) is 0 Å². The van der Waals surface area contributed by atoms with Gasteiger partial charge in [-0.25, -0.2) is 8.42 Å². The molecule has 3 nitrogen and oxygen atoms in total. The van der Waals surface area contributed by atoms with Gasteiger partial charge in [0.1, 0.15) is 10.1 Å². The van der Waals surface area contributed by atoms with Gasteiger partial charge < -0.3 is 4.55 Å². The molecule has 0 radical (unpaired) electrons. The second kappa shape index (κ2) is 13.8. The van der Waals surface area contributed by atoms with E-state index in [1.807, 2.05) is 24.3 Å². The molecule has 0 saturated carbocycles. The molecule has 0 aliphatic carbocycles. The Bertz CT molecular complexity index is 841. The third-order valence-electron chi connectivity index (χ3n) is 5.49. The molecule has 0 aliphatic rings. The maximum Gasteiger partial charge on any atom is 1.00 e. The van der Waals surface area contributed by atoms with Gasteiger partial charge in [0.2, 0.25) is 0 Å². The summed E-state index contributed by atoms with van der Waals surface area (Å²) in [6.45, 7) is 4.38. The van der Waals surface area contributed by atoms with Gasteiger partial charge in [-0.05, 0) is 53.6 Å². The molecular formula is C24H35NaO3S. The van der Waals surface area contributed by atoms with Crippen LogP contribution in [-0.4, -0.2) is 13.0 Å². The van der Waals surface area contributed by atoms with Gasteiger partial charge >= 0.3 is 29.6 Å². The van der Waals surface area contributed by atoms with Gasteiger partial charge in [0.15, 0.2) is 0 Å². The monoisotopic (exact) mass is 426 g/mol. The van der Waals surface area contributed by atoms with Crippen LogP contribution < -0.4 is 29.6 Å². The van der Waals surface area contributed by atoms with E-state index in [-0.39, 0.29) is 34.5 Å². The topological polar surface area (TPSA) is 57.2 Å². The largest absolute Gasteiger partial charge is 1.00 e. The average Bonchev–Trinajstić information content (AvgIpc) is 2.66. The first-order valence-electron chi connectivity index (χ1n) is 11.0. The zero-order valence-corrected chi connectivity index (χ0v) is 21.3. The standard InChI is InChI=1S/C24H36O3S.Na/c1-3-5-7-9-11-13-20-15-16-21-17-18-22(14-12-10-8-6-4-2)24(23(21)19-20)28(25,26)27;/h15-19H,3-14H2,1-2H3,(H,25,26,27);/q;+1/p-1. The fourth-order valence-corrected chi connectivity index (χ4v) is 4.82. The van der Waals surface area contributed by atoms with Crippen LogP contribution in [0.5, 0.6) is 0 Å². The zero-order chi connectivity index (χ0) is 20.4. The number of fused-ring (bicyclic) bond motifs is 1. The molecule has 0 spiro atoms. The Kier molecular flexibility index (Phi) is 12.7. The Morgan fingerprint density at radius 3 is 1.90 bits per heavy atom. The fraction of sp³-hybridized carbons (Fsp3) is 0.583. The minimum absolute atomic E-state index is 0. The first kappa shape index (κ1) is 26.6. The maximum absolute atomic E-state index is 12.1. The molecule has 0 unspecified atom stereocenters. The van der Waals surface area contributed by atoms with Crippen molar-refractivity contribution in [1.29, 1.82) is 0 Å². The van der Waals surface area contributed by atoms with Crippen LogP contribution in [0.4, 0.5) is 0 Å². The molecule has 0 amide bonds. The quantitative estimate of drug-likeness (QED) is 0.278. The number of hydrogen-bond acceptors (Lipinski definition) is 3. The van der Waals surface area contributed by atoms with Crippen LogP contribution in [0.3, 0.4) is 0 Å². The van der Waals surface area contributed by atoms with E-state index in [1.165, 1.54) is 38.5 Å². The van der Waals surface area contributed by atoms with Gasteiger partial charge in [-0.1, -0.05) is 89.5 Å². The maximum atomic E-state index is 12.1. The Hall–Kier alpha value is -0.390. The van der Waals surface area contributed by atoms with E-state index in [0.29, 0.717) is 17.4 Å². The number of rotatable bonds is 13. The Balaban J connectivity index is 0.00000420. The average molecular weight is 427 g/mol. The van der Waals surface area contributed by atoms with Crippen LogP contribution in [-0.2, 0) is 23.0 Å². The normalized spacial score (nSPS) is 11.6. The van der Waals surface area contributed by atoms with Crippen molar-refractivity contribution < 1.29 is 42.5 Å². The SMILES string of the molecule is CCCCCCCc1ccc2ccc(CCCCCCC)c(S(=O)(=O)[O-])c2c1.[Na+]. The predicted octanol–water partition coefficient (Wildman–Crippen LogP) is 3.77.